The fraction of sp³-hybridized carbons (Fsp3) is 0.800. The van der Waals surface area contributed by atoms with Crippen LogP contribution in [0.3, 0.4) is 0 Å². The topological polar surface area (TPSA) is 293 Å². The van der Waals surface area contributed by atoms with Crippen LogP contribution in [0, 0.1) is 15.6 Å². The van der Waals surface area contributed by atoms with Gasteiger partial charge in [0, 0.05) is 78.3 Å². The minimum Gasteiger partial charge on any atom is -0.756 e. The Labute approximate surface area is 318 Å². The van der Waals surface area contributed by atoms with Crippen molar-refractivity contribution in [2.45, 2.75) is 129 Å². The van der Waals surface area contributed by atoms with Crippen LogP contribution in [0.25, 0.3) is 0 Å². The summed E-state index contributed by atoms with van der Waals surface area (Å²) >= 11 is 0. The molecule has 0 saturated carbocycles. The summed E-state index contributed by atoms with van der Waals surface area (Å²) in [6.45, 7) is 3.86. The standard InChI is InChI=1S/C35H63N8O11/c1-28(44)41(52)25-10-2-6-20-37-21-13-15-33(48)42(53)26-11-3-8-23-39-32(47)18-19-34(49)43(54)27-12-4-7-22-38-30(45)16-17-31(46)40-24-9-5-14-29(36)35(50)51/h29,37H,2-27,36H2,1H3,(H,38,45)(H,39,47)(H,40,46)(H,50,51)/q-3/t29-/m0/s1. The zero-order chi connectivity index (χ0) is 40.6. The molecular formula is C35H63N8O11-3. The highest BCUT2D eigenvalue weighted by atomic mass is 16.5. The number of amides is 6. The number of carbonyl (C=O) groups excluding carboxylic acids is 6. The number of nitrogens with zero attached hydrogens (tertiary/aromatic N) is 3. The number of hydrogen-bond acceptors (Lipinski definition) is 12. The first kappa shape index (κ1) is 50.1. The van der Waals surface area contributed by atoms with Crippen LogP contribution in [0.2, 0.25) is 0 Å². The molecule has 0 aliphatic heterocycles. The van der Waals surface area contributed by atoms with Crippen LogP contribution in [0.4, 0.5) is 0 Å². The van der Waals surface area contributed by atoms with E-state index in [9.17, 15) is 49.2 Å². The number of aliphatic carboxylic acids is 1. The lowest BCUT2D eigenvalue weighted by atomic mass is 10.1. The van der Waals surface area contributed by atoms with E-state index >= 15 is 0 Å². The fourth-order valence-corrected chi connectivity index (χ4v) is 4.95. The maximum atomic E-state index is 12.1. The second-order valence-corrected chi connectivity index (χ2v) is 13.1. The van der Waals surface area contributed by atoms with Crippen molar-refractivity contribution in [3.63, 3.8) is 0 Å². The van der Waals surface area contributed by atoms with Gasteiger partial charge in [-0.05, 0) is 90.1 Å². The van der Waals surface area contributed by atoms with Crippen molar-refractivity contribution in [1.82, 2.24) is 36.5 Å². The Kier molecular flexibility index (Phi) is 30.2. The van der Waals surface area contributed by atoms with Crippen molar-refractivity contribution in [3.05, 3.63) is 15.6 Å². The van der Waals surface area contributed by atoms with Gasteiger partial charge in [0.15, 0.2) is 0 Å². The van der Waals surface area contributed by atoms with E-state index in [1.54, 1.807) is 0 Å². The molecule has 6 amide bonds. The van der Waals surface area contributed by atoms with Gasteiger partial charge < -0.3 is 62.9 Å². The van der Waals surface area contributed by atoms with E-state index in [0.29, 0.717) is 112 Å². The predicted molar refractivity (Wildman–Crippen MR) is 202 cm³/mol. The Morgan fingerprint density at radius 3 is 1.37 bits per heavy atom. The lowest BCUT2D eigenvalue weighted by Crippen LogP contribution is -2.31. The Bertz CT molecular complexity index is 1120. The predicted octanol–water partition coefficient (Wildman–Crippen LogP) is 1.36. The molecule has 0 rings (SSSR count). The first-order valence-electron chi connectivity index (χ1n) is 19.1. The lowest BCUT2D eigenvalue weighted by Gasteiger charge is -2.28. The number of nitrogens with two attached hydrogens (primary N) is 1. The molecule has 0 unspecified atom stereocenters. The van der Waals surface area contributed by atoms with Crippen LogP contribution < -0.4 is 27.0 Å². The highest BCUT2D eigenvalue weighted by Gasteiger charge is 2.12. The van der Waals surface area contributed by atoms with E-state index < -0.39 is 29.7 Å². The van der Waals surface area contributed by atoms with Crippen molar-refractivity contribution in [2.75, 3.05) is 52.4 Å². The summed E-state index contributed by atoms with van der Waals surface area (Å²) in [6.07, 6.45) is 7.42. The number of hydroxylamine groups is 6. The molecule has 0 radical (unpaired) electrons. The molecule has 19 heteroatoms. The third-order valence-electron chi connectivity index (χ3n) is 8.31. The highest BCUT2D eigenvalue weighted by Crippen LogP contribution is 2.05. The monoisotopic (exact) mass is 771 g/mol. The molecule has 19 nitrogen and oxygen atoms in total. The molecule has 0 aliphatic carbocycles. The zero-order valence-electron chi connectivity index (χ0n) is 31.9. The molecule has 0 spiro atoms. The normalized spacial score (nSPS) is 11.4. The Morgan fingerprint density at radius 2 is 0.907 bits per heavy atom. The quantitative estimate of drug-likeness (QED) is 0.0398. The maximum Gasteiger partial charge on any atom is 0.320 e. The first-order valence-corrected chi connectivity index (χ1v) is 19.1. The molecule has 0 aromatic rings. The number of nitrogens with one attached hydrogen (secondary N) is 4. The number of carbonyl (C=O) groups is 7. The Balaban J connectivity index is 3.72. The summed E-state index contributed by atoms with van der Waals surface area (Å²) in [5, 5.41) is 56.4. The van der Waals surface area contributed by atoms with E-state index in [4.69, 9.17) is 10.8 Å². The van der Waals surface area contributed by atoms with Crippen molar-refractivity contribution in [2.24, 2.45) is 5.73 Å². The van der Waals surface area contributed by atoms with Crippen molar-refractivity contribution in [1.29, 1.82) is 0 Å². The molecule has 54 heavy (non-hydrogen) atoms. The summed E-state index contributed by atoms with van der Waals surface area (Å²) < 4.78 is 0. The molecule has 0 fully saturated rings. The van der Waals surface area contributed by atoms with E-state index in [1.165, 1.54) is 6.92 Å². The van der Waals surface area contributed by atoms with Crippen molar-refractivity contribution in [3.8, 4) is 0 Å². The minimum atomic E-state index is -1.06. The number of carboxylic acids is 1. The summed E-state index contributed by atoms with van der Waals surface area (Å²) in [4.78, 5) is 81.4. The van der Waals surface area contributed by atoms with Crippen molar-refractivity contribution < 1.29 is 38.7 Å². The fourth-order valence-electron chi connectivity index (χ4n) is 4.95. The van der Waals surface area contributed by atoms with Crippen LogP contribution in [-0.4, -0.2) is 120 Å². The molecule has 0 aliphatic rings. The lowest BCUT2D eigenvalue weighted by molar-refractivity contribution is -0.138. The van der Waals surface area contributed by atoms with Gasteiger partial charge in [-0.25, -0.2) is 0 Å². The smallest absolute Gasteiger partial charge is 0.320 e. The second kappa shape index (κ2) is 32.5. The maximum absolute atomic E-state index is 12.1. The third-order valence-corrected chi connectivity index (χ3v) is 8.31. The second-order valence-electron chi connectivity index (χ2n) is 13.1. The van der Waals surface area contributed by atoms with Crippen LogP contribution in [0.1, 0.15) is 122 Å². The number of carboxylic acid groups (broad SMARTS) is 1. The van der Waals surface area contributed by atoms with Gasteiger partial charge in [0.2, 0.25) is 35.4 Å². The molecule has 0 aromatic heterocycles. The number of rotatable bonds is 34. The van der Waals surface area contributed by atoms with Gasteiger partial charge in [0.25, 0.3) is 0 Å². The van der Waals surface area contributed by atoms with Gasteiger partial charge in [-0.1, -0.05) is 6.42 Å². The van der Waals surface area contributed by atoms with E-state index in [0.717, 1.165) is 19.4 Å². The van der Waals surface area contributed by atoms with Gasteiger partial charge in [0.1, 0.15) is 6.04 Å². The van der Waals surface area contributed by atoms with E-state index in [-0.39, 0.29) is 69.5 Å². The van der Waals surface area contributed by atoms with Crippen LogP contribution in [0.5, 0.6) is 0 Å². The third kappa shape index (κ3) is 29.5. The molecule has 1 atom stereocenters. The van der Waals surface area contributed by atoms with Crippen LogP contribution in [-0.2, 0) is 33.6 Å². The van der Waals surface area contributed by atoms with E-state index in [2.05, 4.69) is 21.3 Å². The first-order chi connectivity index (χ1) is 25.7. The summed E-state index contributed by atoms with van der Waals surface area (Å²) in [7, 11) is 0. The summed E-state index contributed by atoms with van der Waals surface area (Å²) in [5.41, 5.74) is 5.41. The van der Waals surface area contributed by atoms with Gasteiger partial charge in [0.05, 0.1) is 0 Å². The molecular weight excluding hydrogens is 708 g/mol. The average molecular weight is 772 g/mol. The summed E-state index contributed by atoms with van der Waals surface area (Å²) in [6, 6.07) is -0.917. The molecule has 0 aromatic carbocycles. The molecule has 0 saturated heterocycles. The van der Waals surface area contributed by atoms with Gasteiger partial charge in [-0.3, -0.25) is 33.6 Å². The molecule has 312 valence electrons. The zero-order valence-corrected chi connectivity index (χ0v) is 31.9. The van der Waals surface area contributed by atoms with Gasteiger partial charge in [-0.15, -0.1) is 0 Å². The molecule has 0 bridgehead atoms. The SMILES string of the molecule is CC(=O)N([O-])CCCCCNCCCC(=O)N([O-])CCCCCNC(=O)CCC(=O)N([O-])CCCCCNC(=O)CCC(=O)NCCCC[C@H](N)C(=O)O. The Morgan fingerprint density at radius 1 is 0.519 bits per heavy atom. The van der Waals surface area contributed by atoms with E-state index in [1.807, 2.05) is 0 Å². The number of hydrogen-bond donors (Lipinski definition) is 6. The van der Waals surface area contributed by atoms with Crippen LogP contribution >= 0.6 is 0 Å². The molecule has 7 N–H and O–H groups in total. The van der Waals surface area contributed by atoms with Crippen molar-refractivity contribution >= 4 is 41.4 Å². The van der Waals surface area contributed by atoms with Gasteiger partial charge >= 0.3 is 5.97 Å². The van der Waals surface area contributed by atoms with Crippen LogP contribution in [0.15, 0.2) is 0 Å². The Hall–Kier alpha value is -3.91. The highest BCUT2D eigenvalue weighted by molar-refractivity contribution is 5.84. The molecule has 0 heterocycles. The number of unbranched alkanes of at least 4 members (excludes halogenated alkanes) is 7. The minimum absolute atomic E-state index is 0.0230. The summed E-state index contributed by atoms with van der Waals surface area (Å²) in [5.74, 6) is -3.64. The average Bonchev–Trinajstić information content (AvgIpc) is 3.13. The van der Waals surface area contributed by atoms with Gasteiger partial charge in [-0.2, -0.15) is 0 Å². The largest absolute Gasteiger partial charge is 0.756 e.